The van der Waals surface area contributed by atoms with Gasteiger partial charge in [0, 0.05) is 19.0 Å². The number of thiophene rings is 1. The van der Waals surface area contributed by atoms with Crippen LogP contribution in [0.1, 0.15) is 60.2 Å². The number of hydrogen-bond acceptors (Lipinski definition) is 5. The number of nitrogens with zero attached hydrogens (tertiary/aromatic N) is 1. The molecule has 2 aliphatic rings. The first-order valence-corrected chi connectivity index (χ1v) is 13.1. The van der Waals surface area contributed by atoms with Gasteiger partial charge in [-0.1, -0.05) is 55.7 Å². The average molecular weight is 484 g/mol. The van der Waals surface area contributed by atoms with Crippen LogP contribution in [0.4, 0.5) is 0 Å². The van der Waals surface area contributed by atoms with E-state index in [4.69, 9.17) is 0 Å². The number of likely N-dealkylation sites (tertiary alicyclic amines) is 1. The Kier molecular flexibility index (Phi) is 8.34. The van der Waals surface area contributed by atoms with Crippen LogP contribution in [-0.2, 0) is 16.0 Å². The lowest BCUT2D eigenvalue weighted by Crippen LogP contribution is -2.56. The van der Waals surface area contributed by atoms with E-state index in [0.717, 1.165) is 31.2 Å². The lowest BCUT2D eigenvalue weighted by Gasteiger charge is -2.32. The minimum atomic E-state index is -1.28. The molecule has 0 spiro atoms. The topological polar surface area (TPSA) is 98.7 Å². The van der Waals surface area contributed by atoms with Crippen LogP contribution in [0.2, 0.25) is 0 Å². The number of benzene rings is 1. The van der Waals surface area contributed by atoms with E-state index in [0.29, 0.717) is 30.7 Å². The van der Waals surface area contributed by atoms with Crippen molar-refractivity contribution in [3.05, 3.63) is 58.3 Å². The van der Waals surface area contributed by atoms with E-state index in [-0.39, 0.29) is 17.9 Å². The van der Waals surface area contributed by atoms with Gasteiger partial charge in [0.15, 0.2) is 6.10 Å². The molecule has 3 N–H and O–H groups in total. The van der Waals surface area contributed by atoms with Crippen LogP contribution in [0.3, 0.4) is 0 Å². The highest BCUT2D eigenvalue weighted by Crippen LogP contribution is 2.24. The molecular weight excluding hydrogens is 450 g/mol. The molecule has 2 heterocycles. The molecule has 1 saturated heterocycles. The third-order valence-electron chi connectivity index (χ3n) is 6.80. The van der Waals surface area contributed by atoms with Crippen molar-refractivity contribution >= 4 is 29.1 Å². The summed E-state index contributed by atoms with van der Waals surface area (Å²) >= 11 is 1.32. The Labute approximate surface area is 204 Å². The maximum atomic E-state index is 13.7. The van der Waals surface area contributed by atoms with Crippen molar-refractivity contribution in [1.82, 2.24) is 15.5 Å². The van der Waals surface area contributed by atoms with Crippen LogP contribution in [0.5, 0.6) is 0 Å². The Morgan fingerprint density at radius 3 is 2.47 bits per heavy atom. The molecular formula is C26H33N3O4S. The average Bonchev–Trinajstić information content (AvgIpc) is 3.56. The van der Waals surface area contributed by atoms with Crippen molar-refractivity contribution < 1.29 is 19.5 Å². The van der Waals surface area contributed by atoms with E-state index >= 15 is 0 Å². The molecule has 182 valence electrons. The maximum Gasteiger partial charge on any atom is 0.262 e. The van der Waals surface area contributed by atoms with Gasteiger partial charge >= 0.3 is 0 Å². The molecule has 0 radical (unpaired) electrons. The van der Waals surface area contributed by atoms with Crippen molar-refractivity contribution in [2.45, 2.75) is 75.6 Å². The summed E-state index contributed by atoms with van der Waals surface area (Å²) in [6.45, 7) is 0.456. The summed E-state index contributed by atoms with van der Waals surface area (Å²) in [5.41, 5.74) is 0.929. The zero-order valence-corrected chi connectivity index (χ0v) is 20.1. The molecule has 3 atom stereocenters. The normalized spacial score (nSPS) is 20.5. The number of aliphatic hydroxyl groups is 1. The summed E-state index contributed by atoms with van der Waals surface area (Å²) in [6, 6.07) is 11.8. The van der Waals surface area contributed by atoms with Crippen LogP contribution >= 0.6 is 11.3 Å². The third-order valence-corrected chi connectivity index (χ3v) is 7.67. The lowest BCUT2D eigenvalue weighted by molar-refractivity contribution is -0.141. The molecule has 2 unspecified atom stereocenters. The van der Waals surface area contributed by atoms with E-state index in [1.165, 1.54) is 17.8 Å². The monoisotopic (exact) mass is 483 g/mol. The molecule has 0 bridgehead atoms. The van der Waals surface area contributed by atoms with E-state index < -0.39 is 24.1 Å². The molecule has 2 aromatic rings. The van der Waals surface area contributed by atoms with Gasteiger partial charge in [-0.2, -0.15) is 0 Å². The van der Waals surface area contributed by atoms with Gasteiger partial charge in [0.2, 0.25) is 5.91 Å². The van der Waals surface area contributed by atoms with Crippen LogP contribution < -0.4 is 10.6 Å². The summed E-state index contributed by atoms with van der Waals surface area (Å²) in [7, 11) is 0. The number of rotatable bonds is 8. The maximum absolute atomic E-state index is 13.7. The highest BCUT2D eigenvalue weighted by Gasteiger charge is 2.40. The Hall–Kier alpha value is -2.71. The number of nitrogens with one attached hydrogen (secondary N) is 2. The fourth-order valence-corrected chi connectivity index (χ4v) is 5.62. The largest absolute Gasteiger partial charge is 0.381 e. The van der Waals surface area contributed by atoms with E-state index in [2.05, 4.69) is 10.6 Å². The highest BCUT2D eigenvalue weighted by atomic mass is 32.1. The van der Waals surface area contributed by atoms with Gasteiger partial charge in [0.1, 0.15) is 6.04 Å². The van der Waals surface area contributed by atoms with Crippen molar-refractivity contribution in [3.8, 4) is 0 Å². The molecule has 2 fully saturated rings. The number of carbonyl (C=O) groups is 3. The second-order valence-electron chi connectivity index (χ2n) is 9.22. The van der Waals surface area contributed by atoms with Crippen LogP contribution in [0.15, 0.2) is 47.8 Å². The Morgan fingerprint density at radius 1 is 1.00 bits per heavy atom. The standard InChI is InChI=1S/C26H33N3O4S/c30-23(25(32)27-19-11-5-2-6-12-19)21-13-7-15-29(21)26(33)20(17-18-9-3-1-4-10-18)28-24(31)22-14-8-16-34-22/h1,3-4,8-10,14,16,19-21,23,30H,2,5-7,11-13,15,17H2,(H,27,32)(H,28,31)/t20-,21?,23?/m0/s1. The molecule has 3 amide bonds. The van der Waals surface area contributed by atoms with Gasteiger partial charge in [-0.15, -0.1) is 11.3 Å². The fraction of sp³-hybridized carbons (Fsp3) is 0.500. The summed E-state index contributed by atoms with van der Waals surface area (Å²) in [5.74, 6) is -0.963. The first kappa shape index (κ1) is 24.4. The van der Waals surface area contributed by atoms with Gasteiger partial charge in [0.05, 0.1) is 10.9 Å². The van der Waals surface area contributed by atoms with Gasteiger partial charge < -0.3 is 20.6 Å². The summed E-state index contributed by atoms with van der Waals surface area (Å²) in [5, 5.41) is 18.6. The van der Waals surface area contributed by atoms with E-state index in [1.54, 1.807) is 17.0 Å². The second kappa shape index (κ2) is 11.6. The summed E-state index contributed by atoms with van der Waals surface area (Å²) in [6.07, 6.45) is 5.53. The van der Waals surface area contributed by atoms with E-state index in [1.807, 2.05) is 35.7 Å². The van der Waals surface area contributed by atoms with Crippen molar-refractivity contribution in [1.29, 1.82) is 0 Å². The third kappa shape index (κ3) is 6.04. The minimum absolute atomic E-state index is 0.0948. The quantitative estimate of drug-likeness (QED) is 0.538. The number of hydrogen-bond donors (Lipinski definition) is 3. The zero-order valence-electron chi connectivity index (χ0n) is 19.3. The SMILES string of the molecule is O=C(N[C@@H](Cc1ccccc1)C(=O)N1CCCC1C(O)C(=O)NC1CCCCC1)c1cccs1. The minimum Gasteiger partial charge on any atom is -0.381 e. The molecule has 1 aliphatic heterocycles. The molecule has 4 rings (SSSR count). The van der Waals surface area contributed by atoms with Gasteiger partial charge in [-0.25, -0.2) is 0 Å². The molecule has 1 aromatic heterocycles. The molecule has 1 aromatic carbocycles. The van der Waals surface area contributed by atoms with Gasteiger partial charge in [-0.3, -0.25) is 14.4 Å². The molecule has 1 aliphatic carbocycles. The second-order valence-corrected chi connectivity index (χ2v) is 10.2. The fourth-order valence-electron chi connectivity index (χ4n) is 4.99. The van der Waals surface area contributed by atoms with Crippen LogP contribution in [0.25, 0.3) is 0 Å². The first-order chi connectivity index (χ1) is 16.5. The molecule has 34 heavy (non-hydrogen) atoms. The predicted octanol–water partition coefficient (Wildman–Crippen LogP) is 2.89. The predicted molar refractivity (Wildman–Crippen MR) is 131 cm³/mol. The first-order valence-electron chi connectivity index (χ1n) is 12.2. The van der Waals surface area contributed by atoms with Crippen molar-refractivity contribution in [3.63, 3.8) is 0 Å². The van der Waals surface area contributed by atoms with Gasteiger partial charge in [-0.05, 0) is 42.7 Å². The Morgan fingerprint density at radius 2 is 1.76 bits per heavy atom. The molecule has 8 heteroatoms. The van der Waals surface area contributed by atoms with Crippen LogP contribution in [-0.4, -0.2) is 58.5 Å². The number of carbonyl (C=O) groups excluding carboxylic acids is 3. The highest BCUT2D eigenvalue weighted by molar-refractivity contribution is 7.12. The molecule has 7 nitrogen and oxygen atoms in total. The van der Waals surface area contributed by atoms with Crippen molar-refractivity contribution in [2.75, 3.05) is 6.54 Å². The summed E-state index contributed by atoms with van der Waals surface area (Å²) in [4.78, 5) is 41.4. The van der Waals surface area contributed by atoms with Crippen LogP contribution in [0, 0.1) is 0 Å². The van der Waals surface area contributed by atoms with E-state index in [9.17, 15) is 19.5 Å². The zero-order chi connectivity index (χ0) is 23.9. The smallest absolute Gasteiger partial charge is 0.262 e. The lowest BCUT2D eigenvalue weighted by atomic mass is 9.95. The Bertz CT molecular complexity index is 960. The van der Waals surface area contributed by atoms with Gasteiger partial charge in [0.25, 0.3) is 11.8 Å². The van der Waals surface area contributed by atoms with Crippen molar-refractivity contribution in [2.24, 2.45) is 0 Å². The number of amides is 3. The Balaban J connectivity index is 1.47. The number of aliphatic hydroxyl groups excluding tert-OH is 1. The summed E-state index contributed by atoms with van der Waals surface area (Å²) < 4.78 is 0. The molecule has 1 saturated carbocycles.